The maximum absolute atomic E-state index is 9.95. The number of anilines is 1. The molecule has 0 aliphatic rings. The van der Waals surface area contributed by atoms with Crippen LogP contribution in [0.2, 0.25) is 5.02 Å². The van der Waals surface area contributed by atoms with Crippen LogP contribution in [-0.2, 0) is 0 Å². The zero-order valence-electron chi connectivity index (χ0n) is 15.6. The van der Waals surface area contributed by atoms with Gasteiger partial charge in [-0.25, -0.2) is 9.67 Å². The number of benzene rings is 2. The SMILES string of the molecule is COc1cc(-c2c(C#N)c(N)nc3c2c(C)nn3-c2ccc(Cl)cc2)ccc1O. The number of rotatable bonds is 3. The van der Waals surface area contributed by atoms with Crippen LogP contribution in [0.5, 0.6) is 11.5 Å². The second-order valence-corrected chi connectivity index (χ2v) is 6.85. The number of nitrogens with two attached hydrogens (primary N) is 1. The lowest BCUT2D eigenvalue weighted by Gasteiger charge is -2.12. The lowest BCUT2D eigenvalue weighted by molar-refractivity contribution is 0.373. The Bertz CT molecular complexity index is 1290. The fourth-order valence-electron chi connectivity index (χ4n) is 3.33. The van der Waals surface area contributed by atoms with E-state index in [4.69, 9.17) is 22.1 Å². The number of aryl methyl sites for hydroxylation is 1. The van der Waals surface area contributed by atoms with Crippen LogP contribution in [0.1, 0.15) is 11.3 Å². The Hall–Kier alpha value is -3.76. The molecular weight excluding hydrogens is 390 g/mol. The van der Waals surface area contributed by atoms with E-state index in [2.05, 4.69) is 16.2 Å². The predicted octanol–water partition coefficient (Wildman–Crippen LogP) is 4.22. The van der Waals surface area contributed by atoms with Gasteiger partial charge in [0.15, 0.2) is 17.1 Å². The van der Waals surface area contributed by atoms with Crippen LogP contribution < -0.4 is 10.5 Å². The first-order chi connectivity index (χ1) is 13.9. The highest BCUT2D eigenvalue weighted by atomic mass is 35.5. The number of hydrogen-bond acceptors (Lipinski definition) is 6. The maximum Gasteiger partial charge on any atom is 0.166 e. The number of ether oxygens (including phenoxy) is 1. The quantitative estimate of drug-likeness (QED) is 0.528. The number of aromatic nitrogens is 3. The monoisotopic (exact) mass is 405 g/mol. The molecule has 0 aliphatic heterocycles. The van der Waals surface area contributed by atoms with Gasteiger partial charge in [-0.2, -0.15) is 10.4 Å². The summed E-state index contributed by atoms with van der Waals surface area (Å²) < 4.78 is 6.89. The zero-order valence-corrected chi connectivity index (χ0v) is 16.4. The highest BCUT2D eigenvalue weighted by Gasteiger charge is 2.22. The average molecular weight is 406 g/mol. The first-order valence-corrected chi connectivity index (χ1v) is 9.04. The molecule has 0 amide bonds. The number of fused-ring (bicyclic) bond motifs is 1. The number of phenols is 1. The number of nitrogens with zero attached hydrogens (tertiary/aromatic N) is 4. The minimum Gasteiger partial charge on any atom is -0.504 e. The summed E-state index contributed by atoms with van der Waals surface area (Å²) in [5.41, 5.74) is 9.59. The molecule has 3 N–H and O–H groups in total. The molecular formula is C21H16ClN5O2. The van der Waals surface area contributed by atoms with Crippen LogP contribution in [0.3, 0.4) is 0 Å². The van der Waals surface area contributed by atoms with Crippen LogP contribution in [0.25, 0.3) is 27.8 Å². The van der Waals surface area contributed by atoms with Crippen molar-refractivity contribution in [3.05, 3.63) is 58.7 Å². The fourth-order valence-corrected chi connectivity index (χ4v) is 3.46. The molecule has 2 aromatic carbocycles. The van der Waals surface area contributed by atoms with Gasteiger partial charge < -0.3 is 15.6 Å². The van der Waals surface area contributed by atoms with Crippen molar-refractivity contribution in [3.63, 3.8) is 0 Å². The minimum absolute atomic E-state index is 0.00149. The van der Waals surface area contributed by atoms with Crippen LogP contribution in [0.4, 0.5) is 5.82 Å². The van der Waals surface area contributed by atoms with Gasteiger partial charge in [-0.1, -0.05) is 17.7 Å². The minimum atomic E-state index is 0.00149. The van der Waals surface area contributed by atoms with Crippen molar-refractivity contribution in [1.82, 2.24) is 14.8 Å². The van der Waals surface area contributed by atoms with Gasteiger partial charge in [-0.05, 0) is 48.9 Å². The van der Waals surface area contributed by atoms with E-state index < -0.39 is 0 Å². The highest BCUT2D eigenvalue weighted by Crippen LogP contribution is 2.39. The Balaban J connectivity index is 2.09. The van der Waals surface area contributed by atoms with Crippen molar-refractivity contribution in [3.8, 4) is 34.4 Å². The molecule has 2 aromatic heterocycles. The average Bonchev–Trinajstić information content (AvgIpc) is 3.04. The van der Waals surface area contributed by atoms with Gasteiger partial charge in [-0.3, -0.25) is 0 Å². The Kier molecular flexibility index (Phi) is 4.49. The molecule has 7 nitrogen and oxygen atoms in total. The normalized spacial score (nSPS) is 10.8. The summed E-state index contributed by atoms with van der Waals surface area (Å²) in [6.07, 6.45) is 0. The highest BCUT2D eigenvalue weighted by molar-refractivity contribution is 6.30. The molecule has 0 atom stereocenters. The van der Waals surface area contributed by atoms with E-state index in [9.17, 15) is 10.4 Å². The van der Waals surface area contributed by atoms with Crippen molar-refractivity contribution < 1.29 is 9.84 Å². The van der Waals surface area contributed by atoms with Crippen molar-refractivity contribution in [1.29, 1.82) is 5.26 Å². The van der Waals surface area contributed by atoms with Crippen molar-refractivity contribution in [2.75, 3.05) is 12.8 Å². The summed E-state index contributed by atoms with van der Waals surface area (Å²) in [6.45, 7) is 1.84. The van der Waals surface area contributed by atoms with E-state index in [0.29, 0.717) is 32.9 Å². The van der Waals surface area contributed by atoms with Crippen molar-refractivity contribution in [2.24, 2.45) is 0 Å². The smallest absolute Gasteiger partial charge is 0.166 e. The topological polar surface area (TPSA) is 110 Å². The van der Waals surface area contributed by atoms with Crippen LogP contribution >= 0.6 is 11.6 Å². The molecule has 144 valence electrons. The van der Waals surface area contributed by atoms with Crippen LogP contribution in [0, 0.1) is 18.3 Å². The molecule has 29 heavy (non-hydrogen) atoms. The first kappa shape index (κ1) is 18.6. The summed E-state index contributed by atoms with van der Waals surface area (Å²) >= 11 is 6.00. The molecule has 0 saturated carbocycles. The van der Waals surface area contributed by atoms with E-state index in [1.54, 1.807) is 28.9 Å². The molecule has 0 saturated heterocycles. The number of aromatic hydroxyl groups is 1. The number of nitrogen functional groups attached to an aromatic ring is 1. The molecule has 0 aliphatic carbocycles. The second kappa shape index (κ2) is 7.00. The fraction of sp³-hybridized carbons (Fsp3) is 0.0952. The molecule has 0 radical (unpaired) electrons. The molecule has 0 fully saturated rings. The Morgan fingerprint density at radius 2 is 1.93 bits per heavy atom. The number of hydrogen-bond donors (Lipinski definition) is 2. The first-order valence-electron chi connectivity index (χ1n) is 8.66. The third-order valence-electron chi connectivity index (χ3n) is 4.67. The van der Waals surface area contributed by atoms with Crippen molar-refractivity contribution in [2.45, 2.75) is 6.92 Å². The predicted molar refractivity (Wildman–Crippen MR) is 111 cm³/mol. The lowest BCUT2D eigenvalue weighted by atomic mass is 9.96. The summed E-state index contributed by atoms with van der Waals surface area (Å²) in [5, 5.41) is 25.6. The molecule has 4 aromatic rings. The van der Waals surface area contributed by atoms with Crippen LogP contribution in [-0.4, -0.2) is 27.0 Å². The Morgan fingerprint density at radius 3 is 2.59 bits per heavy atom. The molecule has 4 rings (SSSR count). The standard InChI is InChI=1S/C21H16ClN5O2/c1-11-18-19(12-3-8-16(28)17(9-12)29-2)15(10-23)20(24)25-21(18)27(26-11)14-6-4-13(22)5-7-14/h3-9,28H,1-2H3,(H2,24,25). The maximum atomic E-state index is 9.95. The van der Waals surface area contributed by atoms with Gasteiger partial charge in [0.25, 0.3) is 0 Å². The van der Waals surface area contributed by atoms with E-state index in [0.717, 1.165) is 5.69 Å². The lowest BCUT2D eigenvalue weighted by Crippen LogP contribution is -2.02. The number of nitriles is 1. The van der Waals surface area contributed by atoms with Gasteiger partial charge >= 0.3 is 0 Å². The third-order valence-corrected chi connectivity index (χ3v) is 4.92. The van der Waals surface area contributed by atoms with Gasteiger partial charge in [0, 0.05) is 10.6 Å². The Morgan fingerprint density at radius 1 is 1.21 bits per heavy atom. The number of pyridine rings is 1. The largest absolute Gasteiger partial charge is 0.504 e. The molecule has 8 heteroatoms. The van der Waals surface area contributed by atoms with Gasteiger partial charge in [-0.15, -0.1) is 0 Å². The second-order valence-electron chi connectivity index (χ2n) is 6.42. The molecule has 0 bridgehead atoms. The van der Waals surface area contributed by atoms with E-state index in [1.165, 1.54) is 13.2 Å². The number of phenolic OH excluding ortho intramolecular Hbond substituents is 1. The Labute approximate surface area is 171 Å². The summed E-state index contributed by atoms with van der Waals surface area (Å²) in [5.74, 6) is 0.386. The zero-order chi connectivity index (χ0) is 20.7. The van der Waals surface area contributed by atoms with E-state index in [-0.39, 0.29) is 22.9 Å². The van der Waals surface area contributed by atoms with E-state index in [1.807, 2.05) is 19.1 Å². The molecule has 0 unspecified atom stereocenters. The number of methoxy groups -OCH3 is 1. The third kappa shape index (κ3) is 3.00. The van der Waals surface area contributed by atoms with Gasteiger partial charge in [0.1, 0.15) is 17.5 Å². The summed E-state index contributed by atoms with van der Waals surface area (Å²) in [4.78, 5) is 4.45. The van der Waals surface area contributed by atoms with Crippen molar-refractivity contribution >= 4 is 28.5 Å². The van der Waals surface area contributed by atoms with Gasteiger partial charge in [0.2, 0.25) is 0 Å². The molecule has 0 spiro atoms. The van der Waals surface area contributed by atoms with Gasteiger partial charge in [0.05, 0.1) is 23.9 Å². The summed E-state index contributed by atoms with van der Waals surface area (Å²) in [7, 11) is 1.46. The van der Waals surface area contributed by atoms with E-state index >= 15 is 0 Å². The van der Waals surface area contributed by atoms with Crippen LogP contribution in [0.15, 0.2) is 42.5 Å². The molecule has 2 heterocycles. The number of halogens is 1. The summed E-state index contributed by atoms with van der Waals surface area (Å²) in [6, 6.07) is 14.2.